The molecule has 27 heavy (non-hydrogen) atoms. The van der Waals surface area contributed by atoms with Crippen LogP contribution in [0.2, 0.25) is 0 Å². The molecule has 1 atom stereocenters. The Morgan fingerprint density at radius 2 is 1.93 bits per heavy atom. The maximum absolute atomic E-state index is 5.63. The highest BCUT2D eigenvalue weighted by Crippen LogP contribution is 2.17. The zero-order valence-electron chi connectivity index (χ0n) is 16.2. The van der Waals surface area contributed by atoms with E-state index < -0.39 is 0 Å². The molecule has 1 aromatic carbocycles. The molecule has 0 radical (unpaired) electrons. The standard InChI is InChI=1S/C18H27N5O3.HI/c1-5-24-13(3)17-22-16(26-23-17)12-21-18(19-4)20-11-14-9-7-8-10-15(14)25-6-2;/h7-10,13H,5-6,11-12H2,1-4H3,(H2,19,20,21);1H. The molecule has 0 bridgehead atoms. The molecule has 0 aliphatic carbocycles. The lowest BCUT2D eigenvalue weighted by Gasteiger charge is -2.13. The Kier molecular flexibility index (Phi) is 10.7. The van der Waals surface area contributed by atoms with Crippen molar-refractivity contribution in [3.63, 3.8) is 0 Å². The molecule has 0 saturated heterocycles. The average molecular weight is 489 g/mol. The van der Waals surface area contributed by atoms with Gasteiger partial charge < -0.3 is 24.6 Å². The lowest BCUT2D eigenvalue weighted by Crippen LogP contribution is -2.36. The molecule has 0 amide bonds. The monoisotopic (exact) mass is 489 g/mol. The summed E-state index contributed by atoms with van der Waals surface area (Å²) in [6, 6.07) is 7.91. The summed E-state index contributed by atoms with van der Waals surface area (Å²) in [4.78, 5) is 8.53. The smallest absolute Gasteiger partial charge is 0.246 e. The van der Waals surface area contributed by atoms with Crippen LogP contribution in [0.3, 0.4) is 0 Å². The zero-order valence-corrected chi connectivity index (χ0v) is 18.5. The highest BCUT2D eigenvalue weighted by molar-refractivity contribution is 14.0. The van der Waals surface area contributed by atoms with E-state index in [-0.39, 0.29) is 30.1 Å². The molecule has 1 heterocycles. The number of ether oxygens (including phenoxy) is 2. The van der Waals surface area contributed by atoms with Gasteiger partial charge in [-0.05, 0) is 26.8 Å². The Bertz CT molecular complexity index is 708. The van der Waals surface area contributed by atoms with Crippen molar-refractivity contribution in [3.05, 3.63) is 41.5 Å². The van der Waals surface area contributed by atoms with Crippen LogP contribution in [0.4, 0.5) is 0 Å². The highest BCUT2D eigenvalue weighted by atomic mass is 127. The van der Waals surface area contributed by atoms with E-state index in [4.69, 9.17) is 14.0 Å². The summed E-state index contributed by atoms with van der Waals surface area (Å²) >= 11 is 0. The van der Waals surface area contributed by atoms with Crippen molar-refractivity contribution in [1.82, 2.24) is 20.8 Å². The number of benzene rings is 1. The number of hydrogen-bond acceptors (Lipinski definition) is 6. The van der Waals surface area contributed by atoms with Crippen LogP contribution < -0.4 is 15.4 Å². The lowest BCUT2D eigenvalue weighted by atomic mass is 10.2. The van der Waals surface area contributed by atoms with Crippen molar-refractivity contribution in [2.24, 2.45) is 4.99 Å². The van der Waals surface area contributed by atoms with Crippen LogP contribution in [0.1, 0.15) is 44.2 Å². The quantitative estimate of drug-likeness (QED) is 0.318. The van der Waals surface area contributed by atoms with Crippen molar-refractivity contribution >= 4 is 29.9 Å². The fraction of sp³-hybridized carbons (Fsp3) is 0.500. The van der Waals surface area contributed by atoms with E-state index in [0.717, 1.165) is 11.3 Å². The number of para-hydroxylation sites is 1. The number of aliphatic imine (C=N–C) groups is 1. The van der Waals surface area contributed by atoms with Gasteiger partial charge >= 0.3 is 0 Å². The van der Waals surface area contributed by atoms with E-state index in [2.05, 4.69) is 25.8 Å². The molecule has 9 heteroatoms. The summed E-state index contributed by atoms with van der Waals surface area (Å²) < 4.78 is 16.3. The molecular weight excluding hydrogens is 461 g/mol. The predicted octanol–water partition coefficient (Wildman–Crippen LogP) is 3.05. The second kappa shape index (κ2) is 12.5. The van der Waals surface area contributed by atoms with Gasteiger partial charge in [0, 0.05) is 25.8 Å². The summed E-state index contributed by atoms with van der Waals surface area (Å²) in [5.74, 6) is 2.51. The second-order valence-corrected chi connectivity index (χ2v) is 5.46. The topological polar surface area (TPSA) is 93.8 Å². The summed E-state index contributed by atoms with van der Waals surface area (Å²) in [6.07, 6.45) is -0.190. The Morgan fingerprint density at radius 3 is 2.63 bits per heavy atom. The maximum Gasteiger partial charge on any atom is 0.246 e. The first-order chi connectivity index (χ1) is 12.7. The van der Waals surface area contributed by atoms with Gasteiger partial charge in [0.1, 0.15) is 11.9 Å². The maximum atomic E-state index is 5.63. The van der Waals surface area contributed by atoms with Crippen LogP contribution in [0.25, 0.3) is 0 Å². The average Bonchev–Trinajstić information content (AvgIpc) is 3.13. The van der Waals surface area contributed by atoms with Crippen LogP contribution in [0.15, 0.2) is 33.8 Å². The second-order valence-electron chi connectivity index (χ2n) is 5.46. The fourth-order valence-corrected chi connectivity index (χ4v) is 2.33. The molecule has 1 unspecified atom stereocenters. The lowest BCUT2D eigenvalue weighted by molar-refractivity contribution is 0.0683. The van der Waals surface area contributed by atoms with Crippen LogP contribution >= 0.6 is 24.0 Å². The van der Waals surface area contributed by atoms with E-state index in [1.165, 1.54) is 0 Å². The number of hydrogen-bond donors (Lipinski definition) is 2. The first-order valence-corrected chi connectivity index (χ1v) is 8.77. The van der Waals surface area contributed by atoms with Gasteiger partial charge in [0.05, 0.1) is 13.2 Å². The molecular formula is C18H28IN5O3. The Labute approximate surface area is 177 Å². The van der Waals surface area contributed by atoms with Gasteiger partial charge in [-0.15, -0.1) is 24.0 Å². The normalized spacial score (nSPS) is 12.2. The van der Waals surface area contributed by atoms with Gasteiger partial charge in [-0.25, -0.2) is 0 Å². The number of rotatable bonds is 9. The predicted molar refractivity (Wildman–Crippen MR) is 114 cm³/mol. The largest absolute Gasteiger partial charge is 0.494 e. The third-order valence-electron chi connectivity index (χ3n) is 3.61. The number of aromatic nitrogens is 2. The van der Waals surface area contributed by atoms with Crippen molar-refractivity contribution in [2.45, 2.75) is 40.0 Å². The third-order valence-corrected chi connectivity index (χ3v) is 3.61. The Morgan fingerprint density at radius 1 is 1.19 bits per heavy atom. The molecule has 2 aromatic rings. The number of nitrogens with zero attached hydrogens (tertiary/aromatic N) is 3. The van der Waals surface area contributed by atoms with Crippen LogP contribution in [-0.2, 0) is 17.8 Å². The van der Waals surface area contributed by atoms with Gasteiger partial charge in [-0.3, -0.25) is 4.99 Å². The fourth-order valence-electron chi connectivity index (χ4n) is 2.33. The van der Waals surface area contributed by atoms with Gasteiger partial charge in [0.25, 0.3) is 0 Å². The third kappa shape index (κ3) is 7.33. The van der Waals surface area contributed by atoms with Crippen molar-refractivity contribution in [2.75, 3.05) is 20.3 Å². The molecule has 1 aromatic heterocycles. The molecule has 0 aliphatic rings. The molecule has 2 N–H and O–H groups in total. The Balaban J connectivity index is 0.00000364. The minimum absolute atomic E-state index is 0. The van der Waals surface area contributed by atoms with E-state index in [1.807, 2.05) is 45.0 Å². The molecule has 8 nitrogen and oxygen atoms in total. The van der Waals surface area contributed by atoms with Crippen molar-refractivity contribution in [3.8, 4) is 5.75 Å². The van der Waals surface area contributed by atoms with Crippen LogP contribution in [0, 0.1) is 0 Å². The molecule has 150 valence electrons. The summed E-state index contributed by atoms with van der Waals surface area (Å²) in [7, 11) is 1.71. The number of nitrogens with one attached hydrogen (secondary N) is 2. The summed E-state index contributed by atoms with van der Waals surface area (Å²) in [5, 5.41) is 10.3. The van der Waals surface area contributed by atoms with E-state index in [1.54, 1.807) is 7.05 Å². The molecule has 0 spiro atoms. The minimum Gasteiger partial charge on any atom is -0.494 e. The summed E-state index contributed by atoms with van der Waals surface area (Å²) in [5.41, 5.74) is 1.06. The molecule has 2 rings (SSSR count). The number of guanidine groups is 1. The zero-order chi connectivity index (χ0) is 18.8. The van der Waals surface area contributed by atoms with E-state index >= 15 is 0 Å². The molecule has 0 fully saturated rings. The SMILES string of the molecule is CCOc1ccccc1CNC(=NC)NCc1nc(C(C)OCC)no1.I. The Hall–Kier alpha value is -1.88. The first kappa shape index (κ1) is 23.2. The minimum atomic E-state index is -0.190. The van der Waals surface area contributed by atoms with Gasteiger partial charge in [-0.2, -0.15) is 4.98 Å². The highest BCUT2D eigenvalue weighted by Gasteiger charge is 2.14. The summed E-state index contributed by atoms with van der Waals surface area (Å²) in [6.45, 7) is 7.98. The van der Waals surface area contributed by atoms with Crippen molar-refractivity contribution in [1.29, 1.82) is 0 Å². The first-order valence-electron chi connectivity index (χ1n) is 8.77. The van der Waals surface area contributed by atoms with E-state index in [9.17, 15) is 0 Å². The van der Waals surface area contributed by atoms with Gasteiger partial charge in [0.2, 0.25) is 5.89 Å². The van der Waals surface area contributed by atoms with Crippen LogP contribution in [-0.4, -0.2) is 36.4 Å². The van der Waals surface area contributed by atoms with E-state index in [0.29, 0.717) is 44.0 Å². The van der Waals surface area contributed by atoms with Gasteiger partial charge in [-0.1, -0.05) is 23.4 Å². The molecule has 0 aliphatic heterocycles. The van der Waals surface area contributed by atoms with Crippen LogP contribution in [0.5, 0.6) is 5.75 Å². The van der Waals surface area contributed by atoms with Crippen molar-refractivity contribution < 1.29 is 14.0 Å². The number of halogens is 1. The van der Waals surface area contributed by atoms with Gasteiger partial charge in [0.15, 0.2) is 11.8 Å². The molecule has 0 saturated carbocycles.